The zero-order chi connectivity index (χ0) is 47.4. The van der Waals surface area contributed by atoms with Crippen LogP contribution in [0.5, 0.6) is 0 Å². The van der Waals surface area contributed by atoms with Crippen molar-refractivity contribution in [2.24, 2.45) is 0 Å². The maximum Gasteiger partial charge on any atom is 0.264 e. The Hall–Kier alpha value is -7.40. The number of hydrogen-bond donors (Lipinski definition) is 0. The summed E-state index contributed by atoms with van der Waals surface area (Å²) >= 11 is 2.00. The molecule has 0 saturated carbocycles. The first-order chi connectivity index (χ1) is 33.9. The van der Waals surface area contributed by atoms with E-state index in [0.29, 0.717) is 0 Å². The fourth-order valence-corrected chi connectivity index (χ4v) is 14.1. The molecule has 0 bridgehead atoms. The van der Waals surface area contributed by atoms with Gasteiger partial charge in [-0.05, 0) is 156 Å². The van der Waals surface area contributed by atoms with Gasteiger partial charge in [-0.1, -0.05) is 181 Å². The molecule has 0 N–H and O–H groups in total. The van der Waals surface area contributed by atoms with E-state index in [-0.39, 0.29) is 17.5 Å². The van der Waals surface area contributed by atoms with Crippen LogP contribution in [-0.2, 0) is 16.2 Å². The average molecular weight is 917 g/mol. The Bertz CT molecular complexity index is 3770. The van der Waals surface area contributed by atoms with Crippen molar-refractivity contribution in [2.45, 2.75) is 64.7 Å². The molecule has 0 amide bonds. The first-order valence-corrected chi connectivity index (χ1v) is 25.8. The minimum absolute atomic E-state index is 0.00772. The Balaban J connectivity index is 1.08. The highest BCUT2D eigenvalue weighted by Gasteiger charge is 2.53. The molecule has 0 saturated heterocycles. The summed E-state index contributed by atoms with van der Waals surface area (Å²) in [6.45, 7) is 16.2. The van der Waals surface area contributed by atoms with Crippen LogP contribution in [0.4, 0.5) is 34.1 Å². The lowest BCUT2D eigenvalue weighted by molar-refractivity contribution is 0.588. The minimum atomic E-state index is -0.446. The number of aryl methyl sites for hydroxylation is 1. The standard InChI is InChI=1S/C66H53BN2S/c1-40-34-58-61-59(35-40)69(45-20-12-9-13-21-45)62-51-38-50-49-32-29-44(65(5,6)7)37-54(49)66(52-24-16-14-22-47(52)48-23-15-17-25-53(48)66)55(50)39-60(51)70-63(62)67(61)56-33-26-42(41-18-10-8-11-19-41)36-57(56)68(58)46-30-27-43(28-31-46)64(2,3)4/h8-39H,1-7H3. The van der Waals surface area contributed by atoms with E-state index in [1.54, 1.807) is 0 Å². The molecule has 2 aliphatic carbocycles. The fourth-order valence-electron chi connectivity index (χ4n) is 12.8. The number of rotatable bonds is 3. The van der Waals surface area contributed by atoms with Crippen molar-refractivity contribution in [3.8, 4) is 33.4 Å². The third kappa shape index (κ3) is 5.69. The van der Waals surface area contributed by atoms with E-state index in [1.807, 2.05) is 11.3 Å². The van der Waals surface area contributed by atoms with Crippen LogP contribution < -0.4 is 25.5 Å². The third-order valence-corrected chi connectivity index (χ3v) is 17.2. The minimum Gasteiger partial charge on any atom is -0.311 e. The molecule has 0 unspecified atom stereocenters. The van der Waals surface area contributed by atoms with Gasteiger partial charge in [-0.2, -0.15) is 0 Å². The van der Waals surface area contributed by atoms with Gasteiger partial charge in [0.1, 0.15) is 0 Å². The van der Waals surface area contributed by atoms with E-state index >= 15 is 0 Å². The number of hydrogen-bond acceptors (Lipinski definition) is 3. The summed E-state index contributed by atoms with van der Waals surface area (Å²) in [4.78, 5) is 5.18. The van der Waals surface area contributed by atoms with Crippen LogP contribution in [0.15, 0.2) is 194 Å². The Morgan fingerprint density at radius 1 is 0.443 bits per heavy atom. The van der Waals surface area contributed by atoms with Crippen molar-refractivity contribution in [1.29, 1.82) is 0 Å². The van der Waals surface area contributed by atoms with Gasteiger partial charge in [-0.3, -0.25) is 0 Å². The molecule has 10 aromatic rings. The van der Waals surface area contributed by atoms with Crippen molar-refractivity contribution in [3.05, 3.63) is 233 Å². The number of nitrogens with zero attached hydrogens (tertiary/aromatic N) is 2. The molecular formula is C66H53BN2S. The van der Waals surface area contributed by atoms with Crippen LogP contribution in [0.2, 0.25) is 0 Å². The van der Waals surface area contributed by atoms with E-state index < -0.39 is 5.41 Å². The predicted molar refractivity (Wildman–Crippen MR) is 300 cm³/mol. The molecule has 70 heavy (non-hydrogen) atoms. The van der Waals surface area contributed by atoms with Crippen LogP contribution in [0, 0.1) is 6.92 Å². The van der Waals surface area contributed by atoms with Crippen LogP contribution in [-0.4, -0.2) is 6.71 Å². The maximum absolute atomic E-state index is 2.62. The molecule has 336 valence electrons. The highest BCUT2D eigenvalue weighted by atomic mass is 32.1. The van der Waals surface area contributed by atoms with Crippen LogP contribution in [0.1, 0.15) is 80.5 Å². The van der Waals surface area contributed by atoms with Crippen LogP contribution in [0.25, 0.3) is 43.5 Å². The largest absolute Gasteiger partial charge is 0.311 e. The molecule has 0 radical (unpaired) electrons. The lowest BCUT2D eigenvalue weighted by atomic mass is 9.36. The predicted octanol–water partition coefficient (Wildman–Crippen LogP) is 15.9. The lowest BCUT2D eigenvalue weighted by Gasteiger charge is -2.43. The monoisotopic (exact) mass is 916 g/mol. The zero-order valence-corrected chi connectivity index (χ0v) is 41.7. The molecule has 9 aromatic carbocycles. The topological polar surface area (TPSA) is 6.48 Å². The average Bonchev–Trinajstić information content (AvgIpc) is 3.99. The highest BCUT2D eigenvalue weighted by molar-refractivity contribution is 7.33. The van der Waals surface area contributed by atoms with Crippen molar-refractivity contribution >= 4 is 78.0 Å². The van der Waals surface area contributed by atoms with Crippen molar-refractivity contribution in [2.75, 3.05) is 9.80 Å². The lowest BCUT2D eigenvalue weighted by Crippen LogP contribution is -2.60. The molecule has 1 aromatic heterocycles. The molecule has 2 aliphatic heterocycles. The number of para-hydroxylation sites is 1. The number of fused-ring (bicyclic) bond motifs is 16. The second-order valence-corrected chi connectivity index (χ2v) is 23.2. The first-order valence-electron chi connectivity index (χ1n) is 24.9. The molecule has 0 atom stereocenters. The number of benzene rings is 9. The summed E-state index contributed by atoms with van der Waals surface area (Å²) in [5.74, 6) is 0. The van der Waals surface area contributed by atoms with E-state index in [2.05, 4.69) is 252 Å². The summed E-state index contributed by atoms with van der Waals surface area (Å²) in [6, 6.07) is 74.6. The highest BCUT2D eigenvalue weighted by Crippen LogP contribution is 2.64. The molecule has 4 aliphatic rings. The van der Waals surface area contributed by atoms with E-state index in [1.165, 1.54) is 132 Å². The normalized spacial score (nSPS) is 14.5. The molecule has 1 spiro atoms. The molecule has 3 heterocycles. The van der Waals surface area contributed by atoms with Crippen molar-refractivity contribution in [1.82, 2.24) is 0 Å². The maximum atomic E-state index is 2.62. The van der Waals surface area contributed by atoms with Gasteiger partial charge in [0.25, 0.3) is 6.71 Å². The number of anilines is 6. The Morgan fingerprint density at radius 3 is 1.69 bits per heavy atom. The van der Waals surface area contributed by atoms with Crippen LogP contribution >= 0.6 is 11.3 Å². The first kappa shape index (κ1) is 41.6. The van der Waals surface area contributed by atoms with Gasteiger partial charge < -0.3 is 9.80 Å². The zero-order valence-electron chi connectivity index (χ0n) is 40.9. The molecule has 14 rings (SSSR count). The second-order valence-electron chi connectivity index (χ2n) is 22.2. The molecular weight excluding hydrogens is 864 g/mol. The van der Waals surface area contributed by atoms with Gasteiger partial charge in [0.15, 0.2) is 0 Å². The fraction of sp³-hybridized carbons (Fsp3) is 0.152. The van der Waals surface area contributed by atoms with Gasteiger partial charge in [-0.15, -0.1) is 11.3 Å². The number of thiophene rings is 1. The molecule has 0 fully saturated rings. The quantitative estimate of drug-likeness (QED) is 0.163. The van der Waals surface area contributed by atoms with E-state index in [4.69, 9.17) is 0 Å². The third-order valence-electron chi connectivity index (χ3n) is 16.0. The Morgan fingerprint density at radius 2 is 1.01 bits per heavy atom. The summed E-state index contributed by atoms with van der Waals surface area (Å²) in [6.07, 6.45) is 0. The van der Waals surface area contributed by atoms with Gasteiger partial charge >= 0.3 is 0 Å². The summed E-state index contributed by atoms with van der Waals surface area (Å²) in [5.41, 5.74) is 26.9. The van der Waals surface area contributed by atoms with Crippen molar-refractivity contribution in [3.63, 3.8) is 0 Å². The Labute approximate surface area is 416 Å². The summed E-state index contributed by atoms with van der Waals surface area (Å²) in [5, 5.41) is 1.31. The SMILES string of the molecule is Cc1cc2c3c(c1)N(c1ccccc1)c1c(sc4cc5c(cc14)-c1ccc(C(C)(C)C)cc1C51c4ccccc4-c4ccccc41)B3c1ccc(-c3ccccc3)cc1N2c1ccc(C(C)(C)C)cc1. The van der Waals surface area contributed by atoms with Gasteiger partial charge in [-0.25, -0.2) is 0 Å². The summed E-state index contributed by atoms with van der Waals surface area (Å²) < 4.78 is 2.71. The van der Waals surface area contributed by atoms with Crippen molar-refractivity contribution < 1.29 is 0 Å². The van der Waals surface area contributed by atoms with Gasteiger partial charge in [0.05, 0.1) is 11.1 Å². The second kappa shape index (κ2) is 14.6. The molecule has 4 heteroatoms. The molecule has 2 nitrogen and oxygen atoms in total. The van der Waals surface area contributed by atoms with Gasteiger partial charge in [0.2, 0.25) is 0 Å². The smallest absolute Gasteiger partial charge is 0.264 e. The van der Waals surface area contributed by atoms with E-state index in [9.17, 15) is 0 Å². The summed E-state index contributed by atoms with van der Waals surface area (Å²) in [7, 11) is 0. The Kier molecular flexibility index (Phi) is 8.65. The van der Waals surface area contributed by atoms with E-state index in [0.717, 1.165) is 0 Å². The van der Waals surface area contributed by atoms with Gasteiger partial charge in [0, 0.05) is 43.3 Å². The van der Waals surface area contributed by atoms with Crippen LogP contribution in [0.3, 0.4) is 0 Å².